The number of carbonyl (C=O) groups excluding carboxylic acids is 1. The van der Waals surface area contributed by atoms with Crippen LogP contribution in [0.4, 0.5) is 0 Å². The molecule has 3 nitrogen and oxygen atoms in total. The summed E-state index contributed by atoms with van der Waals surface area (Å²) in [5.74, 6) is 0.187. The Morgan fingerprint density at radius 3 is 2.68 bits per heavy atom. The molecule has 2 aliphatic heterocycles. The summed E-state index contributed by atoms with van der Waals surface area (Å²) in [5.41, 5.74) is -0.754. The summed E-state index contributed by atoms with van der Waals surface area (Å²) in [4.78, 5) is 12.3. The van der Waals surface area contributed by atoms with Gasteiger partial charge in [-0.2, -0.15) is 0 Å². The Balaban J connectivity index is 1.86. The summed E-state index contributed by atoms with van der Waals surface area (Å²) in [7, 11) is 0. The maximum atomic E-state index is 12.3. The number of hydrogen-bond acceptors (Lipinski definition) is 3. The van der Waals surface area contributed by atoms with E-state index in [1.165, 1.54) is 19.3 Å². The average molecular weight is 264 g/mol. The summed E-state index contributed by atoms with van der Waals surface area (Å²) in [5, 5.41) is 10.8. The lowest BCUT2D eigenvalue weighted by atomic mass is 9.70. The fraction of sp³-hybridized carbons (Fsp3) is 0.812. The Bertz CT molecular complexity index is 397. The highest BCUT2D eigenvalue weighted by Gasteiger charge is 2.57. The van der Waals surface area contributed by atoms with E-state index in [1.54, 1.807) is 0 Å². The molecule has 3 heteroatoms. The zero-order chi connectivity index (χ0) is 13.6. The van der Waals surface area contributed by atoms with Crippen LogP contribution in [0.15, 0.2) is 12.2 Å². The van der Waals surface area contributed by atoms with E-state index in [4.69, 9.17) is 4.74 Å². The van der Waals surface area contributed by atoms with E-state index in [1.807, 2.05) is 26.0 Å². The number of fused-ring (bicyclic) bond motifs is 2. The van der Waals surface area contributed by atoms with Crippen LogP contribution in [-0.4, -0.2) is 28.7 Å². The molecule has 0 spiro atoms. The minimum absolute atomic E-state index is 0.0829. The minimum atomic E-state index is -0.754. The first kappa shape index (κ1) is 13.3. The molecule has 5 atom stereocenters. The molecule has 2 heterocycles. The van der Waals surface area contributed by atoms with Gasteiger partial charge in [-0.25, -0.2) is 0 Å². The first-order valence-corrected chi connectivity index (χ1v) is 7.65. The molecule has 2 bridgehead atoms. The molecule has 2 fully saturated rings. The maximum absolute atomic E-state index is 12.3. The lowest BCUT2D eigenvalue weighted by molar-refractivity contribution is -0.189. The van der Waals surface area contributed by atoms with Crippen molar-refractivity contribution in [2.75, 3.05) is 0 Å². The van der Waals surface area contributed by atoms with E-state index in [2.05, 4.69) is 0 Å². The molecule has 0 amide bonds. The predicted octanol–water partition coefficient (Wildman–Crippen LogP) is 2.48. The second-order valence-electron chi connectivity index (χ2n) is 6.55. The Kier molecular flexibility index (Phi) is 3.30. The van der Waals surface area contributed by atoms with Crippen molar-refractivity contribution in [2.24, 2.45) is 17.8 Å². The molecule has 0 aromatic rings. The molecule has 1 saturated heterocycles. The smallest absolute Gasteiger partial charge is 0.144 e. The molecule has 106 valence electrons. The van der Waals surface area contributed by atoms with Crippen LogP contribution >= 0.6 is 0 Å². The number of aliphatic hydroxyl groups is 1. The third-order valence-corrected chi connectivity index (χ3v) is 5.49. The van der Waals surface area contributed by atoms with Crippen molar-refractivity contribution in [3.63, 3.8) is 0 Å². The van der Waals surface area contributed by atoms with Gasteiger partial charge in [0, 0.05) is 5.92 Å². The maximum Gasteiger partial charge on any atom is 0.144 e. The van der Waals surface area contributed by atoms with Gasteiger partial charge in [0.15, 0.2) is 0 Å². The number of hydrogen-bond donors (Lipinski definition) is 1. The van der Waals surface area contributed by atoms with Crippen LogP contribution in [0.2, 0.25) is 0 Å². The molecule has 1 saturated carbocycles. The number of Topliss-reactive ketones (excluding diaryl/α,β-unsaturated/α-hetero) is 1. The van der Waals surface area contributed by atoms with Crippen molar-refractivity contribution in [2.45, 2.75) is 63.8 Å². The number of ether oxygens (including phenoxy) is 1. The quantitative estimate of drug-likeness (QED) is 0.779. The van der Waals surface area contributed by atoms with Gasteiger partial charge in [-0.05, 0) is 18.8 Å². The third kappa shape index (κ3) is 1.90. The summed E-state index contributed by atoms with van der Waals surface area (Å²) in [6.07, 6.45) is 9.03. The molecule has 1 aliphatic carbocycles. The summed E-state index contributed by atoms with van der Waals surface area (Å²) in [6.45, 7) is 3.84. The van der Waals surface area contributed by atoms with Gasteiger partial charge in [-0.1, -0.05) is 45.3 Å². The molecule has 3 aliphatic rings. The van der Waals surface area contributed by atoms with Crippen molar-refractivity contribution in [3.05, 3.63) is 12.2 Å². The highest BCUT2D eigenvalue weighted by molar-refractivity contribution is 5.86. The van der Waals surface area contributed by atoms with E-state index in [9.17, 15) is 9.90 Å². The molecule has 0 radical (unpaired) electrons. The standard InChI is InChI=1S/C16H24O3/c1-10-13-8-9-16(19-13,11(2)14(10)17)15(18)12-6-4-3-5-7-12/h8-13,15,18H,3-7H2,1-2H3/t10-,11-,13-,15+,16+/m1/s1. The zero-order valence-electron chi connectivity index (χ0n) is 11.8. The van der Waals surface area contributed by atoms with Crippen molar-refractivity contribution >= 4 is 5.78 Å². The van der Waals surface area contributed by atoms with Crippen LogP contribution in [0.3, 0.4) is 0 Å². The van der Waals surface area contributed by atoms with Gasteiger partial charge in [0.05, 0.1) is 18.1 Å². The van der Waals surface area contributed by atoms with Crippen LogP contribution in [0.5, 0.6) is 0 Å². The van der Waals surface area contributed by atoms with Gasteiger partial charge in [0.2, 0.25) is 0 Å². The lowest BCUT2D eigenvalue weighted by Crippen LogP contribution is -2.58. The van der Waals surface area contributed by atoms with Gasteiger partial charge in [-0.15, -0.1) is 0 Å². The predicted molar refractivity (Wildman–Crippen MR) is 72.7 cm³/mol. The first-order valence-electron chi connectivity index (χ1n) is 7.65. The molecule has 0 unspecified atom stereocenters. The molecular formula is C16H24O3. The van der Waals surface area contributed by atoms with Crippen molar-refractivity contribution in [3.8, 4) is 0 Å². The molecule has 1 N–H and O–H groups in total. The first-order chi connectivity index (χ1) is 9.06. The highest BCUT2D eigenvalue weighted by atomic mass is 16.5. The van der Waals surface area contributed by atoms with Gasteiger partial charge in [-0.3, -0.25) is 4.79 Å². The van der Waals surface area contributed by atoms with Gasteiger partial charge in [0.1, 0.15) is 11.4 Å². The minimum Gasteiger partial charge on any atom is -0.389 e. The molecule has 19 heavy (non-hydrogen) atoms. The van der Waals surface area contributed by atoms with Crippen LogP contribution in [0.25, 0.3) is 0 Å². The largest absolute Gasteiger partial charge is 0.389 e. The van der Waals surface area contributed by atoms with E-state index < -0.39 is 11.7 Å². The van der Waals surface area contributed by atoms with Crippen LogP contribution in [-0.2, 0) is 9.53 Å². The fourth-order valence-corrected chi connectivity index (χ4v) is 4.10. The highest BCUT2D eigenvalue weighted by Crippen LogP contribution is 2.46. The second kappa shape index (κ2) is 4.71. The Labute approximate surface area is 115 Å². The zero-order valence-corrected chi connectivity index (χ0v) is 11.8. The number of ketones is 1. The summed E-state index contributed by atoms with van der Waals surface area (Å²) < 4.78 is 6.11. The Morgan fingerprint density at radius 1 is 1.32 bits per heavy atom. The average Bonchev–Trinajstić information content (AvgIpc) is 2.87. The SMILES string of the molecule is C[C@@H]1C(=O)[C@H](C)[C@H]2C=C[C@]1([C@@H](O)C1CCCCC1)O2. The molecule has 0 aromatic heterocycles. The lowest BCUT2D eigenvalue weighted by Gasteiger charge is -2.46. The monoisotopic (exact) mass is 264 g/mol. The topological polar surface area (TPSA) is 46.5 Å². The van der Waals surface area contributed by atoms with Crippen LogP contribution < -0.4 is 0 Å². The number of aliphatic hydroxyl groups excluding tert-OH is 1. The number of rotatable bonds is 2. The fourth-order valence-electron chi connectivity index (χ4n) is 4.10. The third-order valence-electron chi connectivity index (χ3n) is 5.49. The summed E-state index contributed by atoms with van der Waals surface area (Å²) >= 11 is 0. The van der Waals surface area contributed by atoms with E-state index in [0.29, 0.717) is 0 Å². The normalized spacial score (nSPS) is 44.6. The van der Waals surface area contributed by atoms with E-state index in [0.717, 1.165) is 12.8 Å². The van der Waals surface area contributed by atoms with Crippen molar-refractivity contribution in [1.82, 2.24) is 0 Å². The van der Waals surface area contributed by atoms with E-state index in [-0.39, 0.29) is 29.6 Å². The van der Waals surface area contributed by atoms with Gasteiger partial charge in [0.25, 0.3) is 0 Å². The van der Waals surface area contributed by atoms with E-state index >= 15 is 0 Å². The van der Waals surface area contributed by atoms with Gasteiger partial charge < -0.3 is 9.84 Å². The van der Waals surface area contributed by atoms with Crippen LogP contribution in [0.1, 0.15) is 46.0 Å². The number of carbonyl (C=O) groups is 1. The van der Waals surface area contributed by atoms with Crippen LogP contribution in [0, 0.1) is 17.8 Å². The molecule has 3 rings (SSSR count). The van der Waals surface area contributed by atoms with Crippen molar-refractivity contribution < 1.29 is 14.6 Å². The van der Waals surface area contributed by atoms with Gasteiger partial charge >= 0.3 is 0 Å². The summed E-state index contributed by atoms with van der Waals surface area (Å²) in [6, 6.07) is 0. The molecule has 0 aromatic carbocycles. The molecular weight excluding hydrogens is 240 g/mol. The van der Waals surface area contributed by atoms with Crippen molar-refractivity contribution in [1.29, 1.82) is 0 Å². The Morgan fingerprint density at radius 2 is 2.00 bits per heavy atom. The Hall–Kier alpha value is -0.670. The second-order valence-corrected chi connectivity index (χ2v) is 6.55.